The minimum absolute atomic E-state index is 0.332. The van der Waals surface area contributed by atoms with Crippen LogP contribution in [0.5, 0.6) is 11.5 Å². The second kappa shape index (κ2) is 7.12. The molecule has 3 aliphatic heterocycles. The zero-order valence-electron chi connectivity index (χ0n) is 14.9. The van der Waals surface area contributed by atoms with Gasteiger partial charge in [0.1, 0.15) is 0 Å². The lowest BCUT2D eigenvalue weighted by Crippen LogP contribution is -2.41. The highest BCUT2D eigenvalue weighted by atomic mass is 16.5. The highest BCUT2D eigenvalue weighted by Crippen LogP contribution is 2.38. The highest BCUT2D eigenvalue weighted by molar-refractivity contribution is 5.80. The lowest BCUT2D eigenvalue weighted by molar-refractivity contribution is 0.156. The summed E-state index contributed by atoms with van der Waals surface area (Å²) in [6.45, 7) is 5.94. The summed E-state index contributed by atoms with van der Waals surface area (Å²) < 4.78 is 17.3. The molecule has 1 aromatic rings. The molecule has 4 rings (SSSR count). The van der Waals surface area contributed by atoms with E-state index in [-0.39, 0.29) is 0 Å². The number of rotatable bonds is 2. The zero-order valence-corrected chi connectivity index (χ0v) is 14.9. The van der Waals surface area contributed by atoms with Crippen molar-refractivity contribution >= 4 is 5.96 Å². The summed E-state index contributed by atoms with van der Waals surface area (Å²) in [5.41, 5.74) is 1.44. The first kappa shape index (κ1) is 16.5. The van der Waals surface area contributed by atoms with Gasteiger partial charge in [-0.1, -0.05) is 12.1 Å². The molecule has 0 aliphatic carbocycles. The van der Waals surface area contributed by atoms with E-state index in [9.17, 15) is 0 Å². The lowest BCUT2D eigenvalue weighted by Gasteiger charge is -2.25. The van der Waals surface area contributed by atoms with Crippen LogP contribution < -0.4 is 14.8 Å². The maximum atomic E-state index is 5.91. The van der Waals surface area contributed by atoms with Gasteiger partial charge < -0.3 is 24.4 Å². The molecule has 6 heteroatoms. The Balaban J connectivity index is 1.42. The van der Waals surface area contributed by atoms with Crippen molar-refractivity contribution in [2.24, 2.45) is 10.4 Å². The van der Waals surface area contributed by atoms with Crippen LogP contribution in [0.25, 0.3) is 0 Å². The Bertz CT molecular complexity index is 641. The fourth-order valence-electron chi connectivity index (χ4n) is 3.99. The van der Waals surface area contributed by atoms with Gasteiger partial charge in [-0.15, -0.1) is 0 Å². The molecule has 0 radical (unpaired) electrons. The van der Waals surface area contributed by atoms with E-state index in [2.05, 4.69) is 21.3 Å². The molecule has 1 atom stereocenters. The first-order valence-electron chi connectivity index (χ1n) is 9.21. The van der Waals surface area contributed by atoms with Crippen molar-refractivity contribution < 1.29 is 14.2 Å². The van der Waals surface area contributed by atoms with Crippen LogP contribution in [0.1, 0.15) is 24.8 Å². The molecule has 0 amide bonds. The third-order valence-electron chi connectivity index (χ3n) is 5.42. The van der Waals surface area contributed by atoms with Crippen molar-refractivity contribution in [1.29, 1.82) is 0 Å². The summed E-state index contributed by atoms with van der Waals surface area (Å²) in [6, 6.07) is 6.08. The molecule has 1 spiro atoms. The third kappa shape index (κ3) is 3.40. The van der Waals surface area contributed by atoms with Crippen LogP contribution in [0.15, 0.2) is 23.2 Å². The first-order valence-corrected chi connectivity index (χ1v) is 9.21. The van der Waals surface area contributed by atoms with Gasteiger partial charge in [0.2, 0.25) is 0 Å². The fourth-order valence-corrected chi connectivity index (χ4v) is 3.99. The Labute approximate surface area is 149 Å². The van der Waals surface area contributed by atoms with Crippen molar-refractivity contribution in [2.75, 3.05) is 46.6 Å². The van der Waals surface area contributed by atoms with E-state index in [1.807, 2.05) is 19.2 Å². The van der Waals surface area contributed by atoms with Gasteiger partial charge in [-0.2, -0.15) is 0 Å². The molecule has 6 nitrogen and oxygen atoms in total. The number of ether oxygens (including phenoxy) is 3. The number of benzene rings is 1. The Hall–Kier alpha value is -1.95. The van der Waals surface area contributed by atoms with Crippen LogP contribution in [0.4, 0.5) is 0 Å². The number of likely N-dealkylation sites (tertiary alicyclic amines) is 1. The normalized spacial score (nSPS) is 26.1. The molecule has 25 heavy (non-hydrogen) atoms. The summed E-state index contributed by atoms with van der Waals surface area (Å²) >= 11 is 0. The van der Waals surface area contributed by atoms with E-state index < -0.39 is 0 Å². The van der Waals surface area contributed by atoms with Crippen LogP contribution in [0.3, 0.4) is 0 Å². The zero-order chi connectivity index (χ0) is 17.1. The fraction of sp³-hybridized carbons (Fsp3) is 0.632. The average Bonchev–Trinajstić information content (AvgIpc) is 3.19. The van der Waals surface area contributed by atoms with Crippen LogP contribution >= 0.6 is 0 Å². The Morgan fingerprint density at radius 1 is 1.24 bits per heavy atom. The van der Waals surface area contributed by atoms with Gasteiger partial charge in [-0.05, 0) is 18.9 Å². The molecular weight excluding hydrogens is 318 g/mol. The minimum atomic E-state index is 0.332. The highest BCUT2D eigenvalue weighted by Gasteiger charge is 2.42. The van der Waals surface area contributed by atoms with Gasteiger partial charge in [-0.25, -0.2) is 0 Å². The van der Waals surface area contributed by atoms with Crippen LogP contribution in [0, 0.1) is 5.41 Å². The van der Waals surface area contributed by atoms with E-state index in [0.717, 1.165) is 62.2 Å². The first-order chi connectivity index (χ1) is 12.3. The van der Waals surface area contributed by atoms with Gasteiger partial charge in [0.25, 0.3) is 0 Å². The molecule has 1 N–H and O–H groups in total. The number of nitrogens with zero attached hydrogens (tertiary/aromatic N) is 2. The number of para-hydroxylation sites is 1. The standard InChI is InChI=1S/C19H27N3O3/c1-20-18(22-8-6-19(13-22)7-11-23-14-19)21-12-15-4-2-5-16-17(15)25-10-3-9-24-16/h2,4-5H,3,6-14H2,1H3,(H,20,21). The smallest absolute Gasteiger partial charge is 0.193 e. The predicted octanol–water partition coefficient (Wildman–Crippen LogP) is 2.04. The van der Waals surface area contributed by atoms with Gasteiger partial charge in [0.15, 0.2) is 17.5 Å². The average molecular weight is 345 g/mol. The summed E-state index contributed by atoms with van der Waals surface area (Å²) in [6.07, 6.45) is 3.27. The van der Waals surface area contributed by atoms with Gasteiger partial charge in [0.05, 0.1) is 19.8 Å². The quantitative estimate of drug-likeness (QED) is 0.657. The second-order valence-electron chi connectivity index (χ2n) is 7.17. The van der Waals surface area contributed by atoms with Crippen LogP contribution in [-0.2, 0) is 11.3 Å². The largest absolute Gasteiger partial charge is 0.490 e. The molecule has 3 heterocycles. The summed E-state index contributed by atoms with van der Waals surface area (Å²) in [5, 5.41) is 3.50. The predicted molar refractivity (Wildman–Crippen MR) is 96.3 cm³/mol. The van der Waals surface area contributed by atoms with Crippen molar-refractivity contribution in [2.45, 2.75) is 25.8 Å². The van der Waals surface area contributed by atoms with E-state index >= 15 is 0 Å². The number of aliphatic imine (C=N–C) groups is 1. The summed E-state index contributed by atoms with van der Waals surface area (Å²) in [4.78, 5) is 6.84. The van der Waals surface area contributed by atoms with E-state index in [1.54, 1.807) is 0 Å². The van der Waals surface area contributed by atoms with Crippen LogP contribution in [0.2, 0.25) is 0 Å². The van der Waals surface area contributed by atoms with Crippen LogP contribution in [-0.4, -0.2) is 57.4 Å². The number of guanidine groups is 1. The molecule has 2 saturated heterocycles. The van der Waals surface area contributed by atoms with E-state index in [4.69, 9.17) is 14.2 Å². The third-order valence-corrected chi connectivity index (χ3v) is 5.42. The topological polar surface area (TPSA) is 55.3 Å². The molecular formula is C19H27N3O3. The lowest BCUT2D eigenvalue weighted by atomic mass is 9.87. The molecule has 3 aliphatic rings. The molecule has 1 aromatic carbocycles. The maximum absolute atomic E-state index is 5.91. The molecule has 0 bridgehead atoms. The van der Waals surface area contributed by atoms with Crippen molar-refractivity contribution in [3.05, 3.63) is 23.8 Å². The van der Waals surface area contributed by atoms with Crippen molar-refractivity contribution in [3.63, 3.8) is 0 Å². The monoisotopic (exact) mass is 345 g/mol. The van der Waals surface area contributed by atoms with Crippen molar-refractivity contribution in [3.8, 4) is 11.5 Å². The molecule has 0 aromatic heterocycles. The van der Waals surface area contributed by atoms with Crippen molar-refractivity contribution in [1.82, 2.24) is 10.2 Å². The molecule has 136 valence electrons. The SMILES string of the molecule is CN=C(NCc1cccc2c1OCCCO2)N1CCC2(CCOC2)C1. The summed E-state index contributed by atoms with van der Waals surface area (Å²) in [7, 11) is 1.85. The van der Waals surface area contributed by atoms with E-state index in [0.29, 0.717) is 25.2 Å². The minimum Gasteiger partial charge on any atom is -0.490 e. The number of fused-ring (bicyclic) bond motifs is 1. The molecule has 1 unspecified atom stereocenters. The molecule has 2 fully saturated rings. The number of hydrogen-bond acceptors (Lipinski definition) is 4. The van der Waals surface area contributed by atoms with Gasteiger partial charge >= 0.3 is 0 Å². The number of hydrogen-bond donors (Lipinski definition) is 1. The Kier molecular flexibility index (Phi) is 4.70. The summed E-state index contributed by atoms with van der Waals surface area (Å²) in [5.74, 6) is 2.66. The maximum Gasteiger partial charge on any atom is 0.193 e. The van der Waals surface area contributed by atoms with E-state index in [1.165, 1.54) is 6.42 Å². The second-order valence-corrected chi connectivity index (χ2v) is 7.17. The van der Waals surface area contributed by atoms with Gasteiger partial charge in [0, 0.05) is 50.7 Å². The Morgan fingerprint density at radius 2 is 2.16 bits per heavy atom. The molecule has 0 saturated carbocycles. The number of nitrogens with one attached hydrogen (secondary N) is 1. The Morgan fingerprint density at radius 3 is 3.00 bits per heavy atom. The van der Waals surface area contributed by atoms with Gasteiger partial charge in [-0.3, -0.25) is 4.99 Å².